The molecule has 102 valence electrons. The first-order chi connectivity index (χ1) is 8.76. The summed E-state index contributed by atoms with van der Waals surface area (Å²) in [7, 11) is 0. The maximum atomic E-state index is 6.02. The summed E-state index contributed by atoms with van der Waals surface area (Å²) in [5, 5.41) is 0.704. The zero-order valence-electron chi connectivity index (χ0n) is 11.4. The zero-order valence-corrected chi connectivity index (χ0v) is 12.2. The molecule has 1 aromatic rings. The van der Waals surface area contributed by atoms with Crippen molar-refractivity contribution in [1.82, 2.24) is 14.5 Å². The summed E-state index contributed by atoms with van der Waals surface area (Å²) >= 11 is 2.06. The van der Waals surface area contributed by atoms with E-state index < -0.39 is 0 Å². The van der Waals surface area contributed by atoms with Gasteiger partial charge in [-0.15, -0.1) is 0 Å². The monoisotopic (exact) mass is 268 g/mol. The number of nitrogens with two attached hydrogens (primary N) is 1. The number of nitrogens with zero attached hydrogens (tertiary/aromatic N) is 3. The molecule has 2 atom stereocenters. The fourth-order valence-corrected chi connectivity index (χ4v) is 3.66. The molecule has 2 unspecified atom stereocenters. The average molecular weight is 268 g/mol. The fraction of sp³-hybridized carbons (Fsp3) is 0.769. The van der Waals surface area contributed by atoms with Gasteiger partial charge in [-0.3, -0.25) is 4.90 Å². The van der Waals surface area contributed by atoms with Gasteiger partial charge in [0.25, 0.3) is 0 Å². The van der Waals surface area contributed by atoms with Crippen LogP contribution in [0.5, 0.6) is 0 Å². The van der Waals surface area contributed by atoms with Crippen LogP contribution < -0.4 is 5.73 Å². The summed E-state index contributed by atoms with van der Waals surface area (Å²) in [6.07, 6.45) is 5.05. The van der Waals surface area contributed by atoms with E-state index in [-0.39, 0.29) is 0 Å². The second kappa shape index (κ2) is 6.59. The molecule has 1 saturated heterocycles. The van der Waals surface area contributed by atoms with Crippen molar-refractivity contribution in [3.63, 3.8) is 0 Å². The van der Waals surface area contributed by atoms with Crippen molar-refractivity contribution >= 4 is 11.8 Å². The first-order valence-electron chi connectivity index (χ1n) is 6.82. The molecule has 1 aliphatic rings. The van der Waals surface area contributed by atoms with E-state index in [0.717, 1.165) is 26.1 Å². The van der Waals surface area contributed by atoms with Gasteiger partial charge in [-0.25, -0.2) is 4.98 Å². The molecular weight excluding hydrogens is 244 g/mol. The van der Waals surface area contributed by atoms with Gasteiger partial charge in [0.05, 0.1) is 18.1 Å². The van der Waals surface area contributed by atoms with Gasteiger partial charge in [0, 0.05) is 43.4 Å². The summed E-state index contributed by atoms with van der Waals surface area (Å²) in [5.74, 6) is 1.21. The van der Waals surface area contributed by atoms with Crippen LogP contribution >= 0.6 is 11.8 Å². The summed E-state index contributed by atoms with van der Waals surface area (Å²) in [6.45, 7) is 8.46. The highest BCUT2D eigenvalue weighted by Gasteiger charge is 2.26. The predicted octanol–water partition coefficient (Wildman–Crippen LogP) is 1.73. The van der Waals surface area contributed by atoms with E-state index >= 15 is 0 Å². The van der Waals surface area contributed by atoms with Crippen molar-refractivity contribution in [3.8, 4) is 0 Å². The van der Waals surface area contributed by atoms with Crippen molar-refractivity contribution in [2.24, 2.45) is 5.73 Å². The Bertz CT molecular complexity index is 366. The Morgan fingerprint density at radius 3 is 3.11 bits per heavy atom. The number of aryl methyl sites for hydroxylation is 1. The second-order valence-corrected chi connectivity index (χ2v) is 6.49. The number of hydrogen-bond acceptors (Lipinski definition) is 4. The Kier molecular flexibility index (Phi) is 5.09. The number of imidazole rings is 1. The standard InChI is InChI=1S/C13H24N4S/c1-3-4-17-10-15-8-13(17)12(7-14)16-5-6-18-11(2)9-16/h8,10-12H,3-7,9,14H2,1-2H3. The summed E-state index contributed by atoms with van der Waals surface area (Å²) in [5.41, 5.74) is 7.29. The van der Waals surface area contributed by atoms with E-state index in [4.69, 9.17) is 5.73 Å². The number of rotatable bonds is 5. The molecule has 5 heteroatoms. The Labute approximate surface area is 114 Å². The van der Waals surface area contributed by atoms with Crippen molar-refractivity contribution in [3.05, 3.63) is 18.2 Å². The van der Waals surface area contributed by atoms with Crippen LogP contribution in [0.15, 0.2) is 12.5 Å². The summed E-state index contributed by atoms with van der Waals surface area (Å²) in [4.78, 5) is 6.82. The van der Waals surface area contributed by atoms with Gasteiger partial charge in [-0.05, 0) is 6.42 Å². The van der Waals surface area contributed by atoms with Gasteiger partial charge in [0.1, 0.15) is 0 Å². The van der Waals surface area contributed by atoms with E-state index in [1.807, 2.05) is 12.5 Å². The lowest BCUT2D eigenvalue weighted by Crippen LogP contribution is -2.42. The van der Waals surface area contributed by atoms with Gasteiger partial charge in [-0.2, -0.15) is 11.8 Å². The van der Waals surface area contributed by atoms with Crippen molar-refractivity contribution in [1.29, 1.82) is 0 Å². The second-order valence-electron chi connectivity index (χ2n) is 4.94. The SMILES string of the molecule is CCCn1cncc1C(CN)N1CCSC(C)C1. The molecule has 2 N–H and O–H groups in total. The van der Waals surface area contributed by atoms with E-state index in [1.165, 1.54) is 11.4 Å². The molecule has 0 bridgehead atoms. The summed E-state index contributed by atoms with van der Waals surface area (Å²) in [6, 6.07) is 0.322. The fourth-order valence-electron chi connectivity index (χ4n) is 2.62. The molecule has 0 aliphatic carbocycles. The number of thioether (sulfide) groups is 1. The van der Waals surface area contributed by atoms with E-state index in [1.54, 1.807) is 0 Å². The van der Waals surface area contributed by atoms with Crippen LogP contribution in [0.2, 0.25) is 0 Å². The van der Waals surface area contributed by atoms with E-state index in [9.17, 15) is 0 Å². The van der Waals surface area contributed by atoms with E-state index in [0.29, 0.717) is 17.8 Å². The minimum absolute atomic E-state index is 0.322. The van der Waals surface area contributed by atoms with Crippen LogP contribution in [0, 0.1) is 0 Å². The van der Waals surface area contributed by atoms with E-state index in [2.05, 4.69) is 40.1 Å². The molecule has 4 nitrogen and oxygen atoms in total. The Morgan fingerprint density at radius 2 is 2.44 bits per heavy atom. The average Bonchev–Trinajstić information content (AvgIpc) is 2.79. The van der Waals surface area contributed by atoms with Gasteiger partial charge in [-0.1, -0.05) is 13.8 Å². The molecule has 0 amide bonds. The normalized spacial score (nSPS) is 23.2. The molecule has 2 rings (SSSR count). The lowest BCUT2D eigenvalue weighted by atomic mass is 10.1. The van der Waals surface area contributed by atoms with Crippen molar-refractivity contribution in [2.45, 2.75) is 38.1 Å². The third-order valence-electron chi connectivity index (χ3n) is 3.49. The molecule has 0 radical (unpaired) electrons. The predicted molar refractivity (Wildman–Crippen MR) is 77.8 cm³/mol. The maximum Gasteiger partial charge on any atom is 0.0948 e. The first kappa shape index (κ1) is 13.9. The maximum absolute atomic E-state index is 6.02. The van der Waals surface area contributed by atoms with Gasteiger partial charge in [0.2, 0.25) is 0 Å². The van der Waals surface area contributed by atoms with Crippen LogP contribution in [0.3, 0.4) is 0 Å². The molecule has 0 saturated carbocycles. The van der Waals surface area contributed by atoms with Crippen LogP contribution in [0.25, 0.3) is 0 Å². The smallest absolute Gasteiger partial charge is 0.0948 e. The van der Waals surface area contributed by atoms with Crippen LogP contribution in [-0.4, -0.2) is 45.1 Å². The van der Waals surface area contributed by atoms with Crippen molar-refractivity contribution < 1.29 is 0 Å². The number of hydrogen-bond donors (Lipinski definition) is 1. The third kappa shape index (κ3) is 3.08. The Morgan fingerprint density at radius 1 is 1.61 bits per heavy atom. The first-order valence-corrected chi connectivity index (χ1v) is 7.86. The number of aromatic nitrogens is 2. The molecule has 2 heterocycles. The quantitative estimate of drug-likeness (QED) is 0.883. The minimum Gasteiger partial charge on any atom is -0.333 e. The largest absolute Gasteiger partial charge is 0.333 e. The van der Waals surface area contributed by atoms with Crippen molar-refractivity contribution in [2.75, 3.05) is 25.4 Å². The third-order valence-corrected chi connectivity index (χ3v) is 4.62. The summed E-state index contributed by atoms with van der Waals surface area (Å²) < 4.78 is 2.25. The molecule has 18 heavy (non-hydrogen) atoms. The highest BCUT2D eigenvalue weighted by molar-refractivity contribution is 7.99. The molecule has 0 aromatic carbocycles. The molecule has 1 fully saturated rings. The molecule has 1 aromatic heterocycles. The molecule has 1 aliphatic heterocycles. The minimum atomic E-state index is 0.322. The topological polar surface area (TPSA) is 47.1 Å². The molecular formula is C13H24N4S. The van der Waals surface area contributed by atoms with Gasteiger partial charge < -0.3 is 10.3 Å². The Hall–Kier alpha value is -0.520. The lowest BCUT2D eigenvalue weighted by Gasteiger charge is -2.36. The highest BCUT2D eigenvalue weighted by atomic mass is 32.2. The Balaban J connectivity index is 2.13. The molecule has 0 spiro atoms. The van der Waals surface area contributed by atoms with Crippen LogP contribution in [0.4, 0.5) is 0 Å². The zero-order chi connectivity index (χ0) is 13.0. The highest BCUT2D eigenvalue weighted by Crippen LogP contribution is 2.26. The van der Waals surface area contributed by atoms with Crippen LogP contribution in [-0.2, 0) is 6.54 Å². The lowest BCUT2D eigenvalue weighted by molar-refractivity contribution is 0.203. The van der Waals surface area contributed by atoms with Crippen LogP contribution in [0.1, 0.15) is 32.0 Å². The van der Waals surface area contributed by atoms with Gasteiger partial charge in [0.15, 0.2) is 0 Å². The van der Waals surface area contributed by atoms with Gasteiger partial charge >= 0.3 is 0 Å².